The van der Waals surface area contributed by atoms with Gasteiger partial charge in [0.25, 0.3) is 0 Å². The molecule has 2 rings (SSSR count). The number of aryl methyl sites for hydroxylation is 1. The molecule has 0 atom stereocenters. The first-order valence-electron chi connectivity index (χ1n) is 6.72. The summed E-state index contributed by atoms with van der Waals surface area (Å²) in [6.45, 7) is 4.49. The van der Waals surface area contributed by atoms with Crippen molar-refractivity contribution >= 4 is 11.9 Å². The van der Waals surface area contributed by atoms with E-state index >= 15 is 0 Å². The van der Waals surface area contributed by atoms with Crippen LogP contribution in [-0.4, -0.2) is 12.4 Å². The lowest BCUT2D eigenvalue weighted by atomic mass is 10.0. The molecular formula is C18H18O2. The highest BCUT2D eigenvalue weighted by molar-refractivity contribution is 6.07. The minimum absolute atomic E-state index is 0.00871. The van der Waals surface area contributed by atoms with E-state index in [4.69, 9.17) is 4.74 Å². The van der Waals surface area contributed by atoms with Gasteiger partial charge in [-0.3, -0.25) is 4.79 Å². The summed E-state index contributed by atoms with van der Waals surface area (Å²) in [5.74, 6) is 0.804. The lowest BCUT2D eigenvalue weighted by Gasteiger charge is -2.06. The van der Waals surface area contributed by atoms with E-state index in [1.807, 2.05) is 62.4 Å². The van der Waals surface area contributed by atoms with Crippen molar-refractivity contribution < 1.29 is 9.53 Å². The topological polar surface area (TPSA) is 26.3 Å². The van der Waals surface area contributed by atoms with Gasteiger partial charge in [0.1, 0.15) is 5.75 Å². The molecule has 0 aliphatic rings. The van der Waals surface area contributed by atoms with Crippen molar-refractivity contribution in [2.45, 2.75) is 13.8 Å². The Labute approximate surface area is 119 Å². The van der Waals surface area contributed by atoms with Gasteiger partial charge in [0.05, 0.1) is 6.61 Å². The molecule has 2 aromatic carbocycles. The van der Waals surface area contributed by atoms with Gasteiger partial charge in [-0.1, -0.05) is 42.5 Å². The molecule has 20 heavy (non-hydrogen) atoms. The highest BCUT2D eigenvalue weighted by Gasteiger charge is 2.05. The molecule has 0 amide bonds. The largest absolute Gasteiger partial charge is 0.493 e. The Morgan fingerprint density at radius 3 is 2.55 bits per heavy atom. The molecule has 2 aromatic rings. The van der Waals surface area contributed by atoms with Crippen LogP contribution in [-0.2, 0) is 0 Å². The summed E-state index contributed by atoms with van der Waals surface area (Å²) in [5.41, 5.74) is 2.63. The van der Waals surface area contributed by atoms with Crippen LogP contribution < -0.4 is 4.74 Å². The maximum Gasteiger partial charge on any atom is 0.186 e. The highest BCUT2D eigenvalue weighted by atomic mass is 16.5. The molecule has 0 aliphatic heterocycles. The fourth-order valence-corrected chi connectivity index (χ4v) is 2.01. The normalized spacial score (nSPS) is 10.7. The molecule has 2 nitrogen and oxygen atoms in total. The Morgan fingerprint density at radius 1 is 1.10 bits per heavy atom. The molecule has 102 valence electrons. The Balaban J connectivity index is 2.22. The summed E-state index contributed by atoms with van der Waals surface area (Å²) in [6.07, 6.45) is 3.40. The first kappa shape index (κ1) is 14.1. The Morgan fingerprint density at radius 2 is 1.80 bits per heavy atom. The first-order valence-corrected chi connectivity index (χ1v) is 6.72. The van der Waals surface area contributed by atoms with Gasteiger partial charge in [-0.2, -0.15) is 0 Å². The summed E-state index contributed by atoms with van der Waals surface area (Å²) >= 11 is 0. The fraction of sp³-hybridized carbons (Fsp3) is 0.167. The number of hydrogen-bond donors (Lipinski definition) is 0. The highest BCUT2D eigenvalue weighted by Crippen LogP contribution is 2.20. The van der Waals surface area contributed by atoms with Crippen molar-refractivity contribution in [1.82, 2.24) is 0 Å². The smallest absolute Gasteiger partial charge is 0.186 e. The third kappa shape index (κ3) is 3.35. The van der Waals surface area contributed by atoms with Gasteiger partial charge in [0, 0.05) is 11.1 Å². The van der Waals surface area contributed by atoms with Crippen LogP contribution in [0.25, 0.3) is 6.08 Å². The Bertz CT molecular complexity index is 627. The van der Waals surface area contributed by atoms with E-state index in [1.54, 1.807) is 12.2 Å². The number of rotatable bonds is 5. The number of hydrogen-bond acceptors (Lipinski definition) is 2. The number of para-hydroxylation sites is 1. The van der Waals surface area contributed by atoms with Crippen LogP contribution in [0.15, 0.2) is 54.6 Å². The number of ether oxygens (including phenoxy) is 1. The number of carbonyl (C=O) groups excluding carboxylic acids is 1. The number of allylic oxidation sites excluding steroid dienone is 1. The number of benzene rings is 2. The zero-order valence-corrected chi connectivity index (χ0v) is 11.8. The molecule has 0 unspecified atom stereocenters. The average Bonchev–Trinajstić information content (AvgIpc) is 2.47. The molecule has 0 aliphatic carbocycles. The second-order valence-corrected chi connectivity index (χ2v) is 4.48. The minimum Gasteiger partial charge on any atom is -0.493 e. The molecular weight excluding hydrogens is 248 g/mol. The molecule has 0 aromatic heterocycles. The fourth-order valence-electron chi connectivity index (χ4n) is 2.01. The third-order valence-corrected chi connectivity index (χ3v) is 3.04. The Hall–Kier alpha value is -2.35. The van der Waals surface area contributed by atoms with Gasteiger partial charge in [0.2, 0.25) is 0 Å². The summed E-state index contributed by atoms with van der Waals surface area (Å²) in [7, 11) is 0. The van der Waals surface area contributed by atoms with Crippen LogP contribution in [0.4, 0.5) is 0 Å². The summed E-state index contributed by atoms with van der Waals surface area (Å²) in [5, 5.41) is 0. The van der Waals surface area contributed by atoms with Crippen LogP contribution in [0.5, 0.6) is 5.75 Å². The van der Waals surface area contributed by atoms with Gasteiger partial charge in [-0.25, -0.2) is 0 Å². The van der Waals surface area contributed by atoms with Crippen LogP contribution in [0.3, 0.4) is 0 Å². The standard InChI is InChI=1S/C18H18O2/c1-3-20-18-11-7-5-9-15(18)12-13-17(19)16-10-6-4-8-14(16)2/h4-13H,3H2,1-2H3. The quantitative estimate of drug-likeness (QED) is 0.596. The molecule has 0 heterocycles. The van der Waals surface area contributed by atoms with Gasteiger partial charge < -0.3 is 4.74 Å². The van der Waals surface area contributed by atoms with Gasteiger partial charge >= 0.3 is 0 Å². The van der Waals surface area contributed by atoms with Crippen molar-refractivity contribution in [1.29, 1.82) is 0 Å². The van der Waals surface area contributed by atoms with E-state index < -0.39 is 0 Å². The van der Waals surface area contributed by atoms with Crippen LogP contribution in [0.1, 0.15) is 28.4 Å². The molecule has 2 heteroatoms. The van der Waals surface area contributed by atoms with Crippen LogP contribution in [0.2, 0.25) is 0 Å². The van der Waals surface area contributed by atoms with Gasteiger partial charge in [0.15, 0.2) is 5.78 Å². The third-order valence-electron chi connectivity index (χ3n) is 3.04. The lowest BCUT2D eigenvalue weighted by molar-refractivity contribution is 0.104. The lowest BCUT2D eigenvalue weighted by Crippen LogP contribution is -1.97. The summed E-state index contributed by atoms with van der Waals surface area (Å²) in [4.78, 5) is 12.2. The van der Waals surface area contributed by atoms with Crippen molar-refractivity contribution in [3.63, 3.8) is 0 Å². The van der Waals surface area contributed by atoms with E-state index in [0.717, 1.165) is 22.4 Å². The second kappa shape index (κ2) is 6.71. The maximum atomic E-state index is 12.2. The molecule has 0 saturated heterocycles. The monoisotopic (exact) mass is 266 g/mol. The predicted molar refractivity (Wildman–Crippen MR) is 82.2 cm³/mol. The van der Waals surface area contributed by atoms with E-state index in [2.05, 4.69) is 0 Å². The summed E-state index contributed by atoms with van der Waals surface area (Å²) < 4.78 is 5.54. The number of ketones is 1. The van der Waals surface area contributed by atoms with Crippen molar-refractivity contribution in [2.24, 2.45) is 0 Å². The molecule has 0 spiro atoms. The average molecular weight is 266 g/mol. The molecule has 0 N–H and O–H groups in total. The molecule has 0 bridgehead atoms. The Kier molecular flexibility index (Phi) is 4.72. The van der Waals surface area contributed by atoms with Gasteiger partial charge in [-0.15, -0.1) is 0 Å². The molecule has 0 fully saturated rings. The number of carbonyl (C=O) groups is 1. The van der Waals surface area contributed by atoms with Crippen LogP contribution in [0, 0.1) is 6.92 Å². The van der Waals surface area contributed by atoms with Crippen molar-refractivity contribution in [3.05, 3.63) is 71.3 Å². The SMILES string of the molecule is CCOc1ccccc1C=CC(=O)c1ccccc1C. The maximum absolute atomic E-state index is 12.2. The zero-order valence-electron chi connectivity index (χ0n) is 11.8. The molecule has 0 saturated carbocycles. The van der Waals surface area contributed by atoms with E-state index in [-0.39, 0.29) is 5.78 Å². The first-order chi connectivity index (χ1) is 9.72. The second-order valence-electron chi connectivity index (χ2n) is 4.48. The summed E-state index contributed by atoms with van der Waals surface area (Å²) in [6, 6.07) is 15.3. The minimum atomic E-state index is 0.00871. The van der Waals surface area contributed by atoms with E-state index in [1.165, 1.54) is 0 Å². The van der Waals surface area contributed by atoms with Gasteiger partial charge in [-0.05, 0) is 37.6 Å². The van der Waals surface area contributed by atoms with Crippen molar-refractivity contribution in [2.75, 3.05) is 6.61 Å². The van der Waals surface area contributed by atoms with E-state index in [0.29, 0.717) is 6.61 Å². The zero-order chi connectivity index (χ0) is 14.4. The molecule has 0 radical (unpaired) electrons. The van der Waals surface area contributed by atoms with Crippen LogP contribution >= 0.6 is 0 Å². The van der Waals surface area contributed by atoms with Crippen molar-refractivity contribution in [3.8, 4) is 5.75 Å². The predicted octanol–water partition coefficient (Wildman–Crippen LogP) is 4.29. The van der Waals surface area contributed by atoms with E-state index in [9.17, 15) is 4.79 Å².